The highest BCUT2D eigenvalue weighted by molar-refractivity contribution is 7.89. The first kappa shape index (κ1) is 17.1. The Hall–Kier alpha value is -1.31. The molecule has 0 aliphatic carbocycles. The van der Waals surface area contributed by atoms with Crippen LogP contribution in [0.15, 0.2) is 18.2 Å². The molecule has 1 aromatic carbocycles. The second-order valence-electron chi connectivity index (χ2n) is 5.40. The van der Waals surface area contributed by atoms with Crippen molar-refractivity contribution in [1.29, 1.82) is 0 Å². The molecule has 124 valence electrons. The zero-order valence-electron chi connectivity index (χ0n) is 13.5. The van der Waals surface area contributed by atoms with Gasteiger partial charge in [0.15, 0.2) is 0 Å². The van der Waals surface area contributed by atoms with Gasteiger partial charge in [0.1, 0.15) is 18.0 Å². The van der Waals surface area contributed by atoms with E-state index in [9.17, 15) is 8.42 Å². The number of nitrogens with zero attached hydrogens (tertiary/aromatic N) is 1. The van der Waals surface area contributed by atoms with Gasteiger partial charge >= 0.3 is 0 Å². The normalized spacial score (nSPS) is 17.4. The van der Waals surface area contributed by atoms with Crippen LogP contribution < -0.4 is 14.4 Å². The molecule has 0 saturated carbocycles. The van der Waals surface area contributed by atoms with Crippen LogP contribution >= 0.6 is 0 Å². The maximum Gasteiger partial charge on any atom is 0.214 e. The Labute approximate surface area is 132 Å². The van der Waals surface area contributed by atoms with E-state index < -0.39 is 10.0 Å². The average molecular weight is 329 g/mol. The number of hydrogen-bond donors (Lipinski definition) is 1. The molecule has 0 atom stereocenters. The van der Waals surface area contributed by atoms with E-state index in [1.165, 1.54) is 4.90 Å². The number of methoxy groups -OCH3 is 2. The quantitative estimate of drug-likeness (QED) is 0.782. The summed E-state index contributed by atoms with van der Waals surface area (Å²) in [6.45, 7) is 5.32. The molecule has 1 fully saturated rings. The van der Waals surface area contributed by atoms with Gasteiger partial charge in [-0.25, -0.2) is 8.42 Å². The largest absolute Gasteiger partial charge is 0.497 e. The van der Waals surface area contributed by atoms with Crippen molar-refractivity contribution in [3.63, 3.8) is 0 Å². The van der Waals surface area contributed by atoms with Gasteiger partial charge in [-0.05, 0) is 19.1 Å². The molecule has 0 unspecified atom stereocenters. The molecule has 7 heteroatoms. The van der Waals surface area contributed by atoms with E-state index in [-0.39, 0.29) is 5.75 Å². The molecule has 0 amide bonds. The summed E-state index contributed by atoms with van der Waals surface area (Å²) in [4.78, 5) is 1.37. The van der Waals surface area contributed by atoms with Crippen LogP contribution in [0.1, 0.15) is 12.5 Å². The Bertz CT molecular complexity index is 596. The molecule has 1 heterocycles. The van der Waals surface area contributed by atoms with Crippen LogP contribution in [0.2, 0.25) is 0 Å². The Balaban J connectivity index is 1.99. The van der Waals surface area contributed by atoms with Crippen LogP contribution in [0, 0.1) is 0 Å². The minimum atomic E-state index is -3.06. The third-order valence-corrected chi connectivity index (χ3v) is 6.00. The van der Waals surface area contributed by atoms with Crippen LogP contribution in [0.3, 0.4) is 0 Å². The summed E-state index contributed by atoms with van der Waals surface area (Å²) < 4.78 is 36.0. The second-order valence-corrected chi connectivity index (χ2v) is 7.66. The predicted octanol–water partition coefficient (Wildman–Crippen LogP) is -0.246. The van der Waals surface area contributed by atoms with Gasteiger partial charge in [0.05, 0.1) is 46.2 Å². The number of hydrogen-bond acceptors (Lipinski definition) is 4. The Morgan fingerprint density at radius 3 is 2.41 bits per heavy atom. The summed E-state index contributed by atoms with van der Waals surface area (Å²) in [7, 11) is 0.224. The topological polar surface area (TPSA) is 60.3 Å². The van der Waals surface area contributed by atoms with Gasteiger partial charge in [-0.3, -0.25) is 0 Å². The number of sulfonamides is 1. The molecule has 2 rings (SSSR count). The minimum Gasteiger partial charge on any atom is -0.497 e. The van der Waals surface area contributed by atoms with Gasteiger partial charge in [-0.1, -0.05) is 0 Å². The number of ether oxygens (including phenoxy) is 2. The summed E-state index contributed by atoms with van der Waals surface area (Å²) in [5, 5.41) is 0. The Morgan fingerprint density at radius 2 is 1.86 bits per heavy atom. The maximum absolute atomic E-state index is 11.9. The van der Waals surface area contributed by atoms with E-state index in [4.69, 9.17) is 9.47 Å². The van der Waals surface area contributed by atoms with Crippen molar-refractivity contribution in [2.24, 2.45) is 0 Å². The highest BCUT2D eigenvalue weighted by Crippen LogP contribution is 2.23. The van der Waals surface area contributed by atoms with E-state index >= 15 is 0 Å². The molecule has 1 aliphatic heterocycles. The fourth-order valence-corrected chi connectivity index (χ4v) is 3.81. The molecule has 22 heavy (non-hydrogen) atoms. The number of benzene rings is 1. The van der Waals surface area contributed by atoms with Crippen LogP contribution in [0.4, 0.5) is 0 Å². The summed E-state index contributed by atoms with van der Waals surface area (Å²) in [6, 6.07) is 5.82. The fraction of sp³-hybridized carbons (Fsp3) is 0.600. The van der Waals surface area contributed by atoms with E-state index in [1.807, 2.05) is 18.2 Å². The molecule has 1 saturated heterocycles. The van der Waals surface area contributed by atoms with E-state index in [0.717, 1.165) is 36.7 Å². The lowest BCUT2D eigenvalue weighted by Gasteiger charge is -2.31. The summed E-state index contributed by atoms with van der Waals surface area (Å²) in [5.41, 5.74) is 1.12. The molecule has 1 aromatic rings. The summed E-state index contributed by atoms with van der Waals surface area (Å²) in [6.07, 6.45) is 0. The van der Waals surface area contributed by atoms with Crippen molar-refractivity contribution in [1.82, 2.24) is 4.31 Å². The molecule has 0 bridgehead atoms. The lowest BCUT2D eigenvalue weighted by Crippen LogP contribution is -3.13. The van der Waals surface area contributed by atoms with Crippen LogP contribution in [-0.4, -0.2) is 58.9 Å². The molecule has 1 N–H and O–H groups in total. The highest BCUT2D eigenvalue weighted by Gasteiger charge is 2.28. The second kappa shape index (κ2) is 7.30. The molecular formula is C15H25N2O4S+. The van der Waals surface area contributed by atoms with Crippen molar-refractivity contribution >= 4 is 10.0 Å². The van der Waals surface area contributed by atoms with Gasteiger partial charge in [0.25, 0.3) is 0 Å². The van der Waals surface area contributed by atoms with Gasteiger partial charge in [-0.2, -0.15) is 4.31 Å². The first-order chi connectivity index (χ1) is 10.5. The fourth-order valence-electron chi connectivity index (χ4n) is 2.71. The Morgan fingerprint density at radius 1 is 1.18 bits per heavy atom. The molecule has 6 nitrogen and oxygen atoms in total. The minimum absolute atomic E-state index is 0.175. The molecule has 0 radical (unpaired) electrons. The van der Waals surface area contributed by atoms with Gasteiger partial charge in [0, 0.05) is 11.6 Å². The number of nitrogens with one attached hydrogen (secondary N) is 1. The zero-order chi connectivity index (χ0) is 16.2. The monoisotopic (exact) mass is 329 g/mol. The van der Waals surface area contributed by atoms with Gasteiger partial charge in [-0.15, -0.1) is 0 Å². The van der Waals surface area contributed by atoms with Crippen LogP contribution in [0.5, 0.6) is 11.5 Å². The number of piperazine rings is 1. The van der Waals surface area contributed by atoms with E-state index in [1.54, 1.807) is 25.4 Å². The van der Waals surface area contributed by atoms with Crippen molar-refractivity contribution in [3.05, 3.63) is 23.8 Å². The van der Waals surface area contributed by atoms with Crippen LogP contribution in [0.25, 0.3) is 0 Å². The van der Waals surface area contributed by atoms with Gasteiger partial charge in [0.2, 0.25) is 10.0 Å². The van der Waals surface area contributed by atoms with Crippen molar-refractivity contribution in [2.45, 2.75) is 13.5 Å². The lowest BCUT2D eigenvalue weighted by molar-refractivity contribution is -0.917. The predicted molar refractivity (Wildman–Crippen MR) is 85.0 cm³/mol. The zero-order valence-corrected chi connectivity index (χ0v) is 14.3. The standard InChI is InChI=1S/C15H24N2O4S/c1-4-22(18,19)17-9-7-16(8-10-17)12-13-5-6-14(20-2)11-15(13)21-3/h5-6,11H,4,7-10,12H2,1-3H3/p+1. The van der Waals surface area contributed by atoms with Crippen molar-refractivity contribution in [3.8, 4) is 11.5 Å². The van der Waals surface area contributed by atoms with Crippen LogP contribution in [-0.2, 0) is 16.6 Å². The molecular weight excluding hydrogens is 304 g/mol. The van der Waals surface area contributed by atoms with E-state index in [2.05, 4.69) is 0 Å². The molecule has 1 aliphatic rings. The SMILES string of the molecule is CCS(=O)(=O)N1CC[NH+](Cc2ccc(OC)cc2OC)CC1. The first-order valence-corrected chi connectivity index (χ1v) is 9.13. The number of quaternary nitrogens is 1. The highest BCUT2D eigenvalue weighted by atomic mass is 32.2. The Kier molecular flexibility index (Phi) is 5.66. The smallest absolute Gasteiger partial charge is 0.214 e. The van der Waals surface area contributed by atoms with Crippen molar-refractivity contribution in [2.75, 3.05) is 46.2 Å². The third-order valence-electron chi connectivity index (χ3n) is 4.12. The summed E-state index contributed by atoms with van der Waals surface area (Å²) in [5.74, 6) is 1.76. The third kappa shape index (κ3) is 3.91. The van der Waals surface area contributed by atoms with E-state index in [0.29, 0.717) is 13.1 Å². The molecule has 0 spiro atoms. The average Bonchev–Trinajstić information content (AvgIpc) is 2.55. The van der Waals surface area contributed by atoms with Gasteiger partial charge < -0.3 is 14.4 Å². The number of rotatable bonds is 6. The van der Waals surface area contributed by atoms with Crippen molar-refractivity contribution < 1.29 is 22.8 Å². The molecule has 0 aromatic heterocycles. The first-order valence-electron chi connectivity index (χ1n) is 7.52. The lowest BCUT2D eigenvalue weighted by atomic mass is 10.1. The maximum atomic E-state index is 11.9. The summed E-state index contributed by atoms with van der Waals surface area (Å²) >= 11 is 0.